The van der Waals surface area contributed by atoms with Gasteiger partial charge in [-0.15, -0.1) is 0 Å². The minimum Gasteiger partial charge on any atom is -0.454 e. The molecule has 0 unspecified atom stereocenters. The number of benzene rings is 2. The van der Waals surface area contributed by atoms with Gasteiger partial charge in [0.25, 0.3) is 11.8 Å². The molecule has 4 amide bonds. The summed E-state index contributed by atoms with van der Waals surface area (Å²) in [4.78, 5) is 36.0. The predicted molar refractivity (Wildman–Crippen MR) is 91.0 cm³/mol. The number of fused-ring (bicyclic) bond motifs is 1. The third kappa shape index (κ3) is 2.61. The first-order chi connectivity index (χ1) is 12.5. The standard InChI is InChI=1S/C18H15N3O5/c1-18(16(23)20-17(24)21-18)11-3-2-4-12(8-11)19-15(22)10-5-6-13-14(7-10)26-9-25-13/h2-8H,9H2,1H3,(H,19,22)(H2,20,21,23,24)/t18-/m1/s1. The minimum absolute atomic E-state index is 0.134. The molecule has 0 saturated carbocycles. The van der Waals surface area contributed by atoms with Gasteiger partial charge in [0, 0.05) is 11.3 Å². The number of carbonyl (C=O) groups is 3. The molecule has 1 fully saturated rings. The number of hydrogen-bond donors (Lipinski definition) is 3. The zero-order valence-corrected chi connectivity index (χ0v) is 13.8. The highest BCUT2D eigenvalue weighted by molar-refractivity contribution is 6.08. The highest BCUT2D eigenvalue weighted by Crippen LogP contribution is 2.33. The van der Waals surface area contributed by atoms with Gasteiger partial charge in [-0.1, -0.05) is 12.1 Å². The van der Waals surface area contributed by atoms with Crippen molar-refractivity contribution in [2.75, 3.05) is 12.1 Å². The maximum atomic E-state index is 12.5. The highest BCUT2D eigenvalue weighted by Gasteiger charge is 2.43. The van der Waals surface area contributed by atoms with E-state index in [4.69, 9.17) is 9.47 Å². The van der Waals surface area contributed by atoms with Crippen LogP contribution in [0, 0.1) is 0 Å². The molecule has 0 aromatic heterocycles. The van der Waals surface area contributed by atoms with Crippen LogP contribution in [0.25, 0.3) is 0 Å². The van der Waals surface area contributed by atoms with E-state index >= 15 is 0 Å². The normalized spacial score (nSPS) is 20.5. The Balaban J connectivity index is 1.57. The van der Waals surface area contributed by atoms with Crippen LogP contribution in [0.3, 0.4) is 0 Å². The van der Waals surface area contributed by atoms with E-state index in [9.17, 15) is 14.4 Å². The second-order valence-corrected chi connectivity index (χ2v) is 6.14. The van der Waals surface area contributed by atoms with Gasteiger partial charge in [-0.3, -0.25) is 14.9 Å². The van der Waals surface area contributed by atoms with Gasteiger partial charge in [0.15, 0.2) is 11.5 Å². The van der Waals surface area contributed by atoms with Gasteiger partial charge < -0.3 is 20.1 Å². The van der Waals surface area contributed by atoms with E-state index in [0.717, 1.165) is 0 Å². The Bertz CT molecular complexity index is 942. The molecular weight excluding hydrogens is 338 g/mol. The molecule has 0 bridgehead atoms. The number of anilines is 1. The zero-order chi connectivity index (χ0) is 18.3. The lowest BCUT2D eigenvalue weighted by Gasteiger charge is -2.21. The molecule has 2 aliphatic heterocycles. The highest BCUT2D eigenvalue weighted by atomic mass is 16.7. The Kier molecular flexibility index (Phi) is 3.54. The number of rotatable bonds is 3. The quantitative estimate of drug-likeness (QED) is 0.729. The molecule has 3 N–H and O–H groups in total. The lowest BCUT2D eigenvalue weighted by atomic mass is 9.92. The van der Waals surface area contributed by atoms with Gasteiger partial charge >= 0.3 is 6.03 Å². The van der Waals surface area contributed by atoms with Crippen molar-refractivity contribution in [3.8, 4) is 11.5 Å². The Hall–Kier alpha value is -3.55. The molecule has 0 aliphatic carbocycles. The van der Waals surface area contributed by atoms with Crippen molar-refractivity contribution in [2.24, 2.45) is 0 Å². The molecule has 1 atom stereocenters. The number of nitrogens with one attached hydrogen (secondary N) is 3. The van der Waals surface area contributed by atoms with Gasteiger partial charge in [0.2, 0.25) is 6.79 Å². The summed E-state index contributed by atoms with van der Waals surface area (Å²) in [5, 5.41) is 7.58. The number of amides is 4. The van der Waals surface area contributed by atoms with Crippen molar-refractivity contribution >= 4 is 23.5 Å². The topological polar surface area (TPSA) is 106 Å². The first-order valence-electron chi connectivity index (χ1n) is 7.91. The van der Waals surface area contributed by atoms with Crippen LogP contribution in [0.4, 0.5) is 10.5 Å². The first-order valence-corrected chi connectivity index (χ1v) is 7.91. The van der Waals surface area contributed by atoms with Crippen LogP contribution in [-0.2, 0) is 10.3 Å². The Morgan fingerprint density at radius 2 is 1.92 bits per heavy atom. The largest absolute Gasteiger partial charge is 0.454 e. The second-order valence-electron chi connectivity index (χ2n) is 6.14. The lowest BCUT2D eigenvalue weighted by molar-refractivity contribution is -0.123. The SMILES string of the molecule is C[C@]1(c2cccc(NC(=O)c3ccc4c(c3)OCO4)c2)NC(=O)NC1=O. The molecular formula is C18H15N3O5. The maximum absolute atomic E-state index is 12.5. The van der Waals surface area contributed by atoms with Crippen molar-refractivity contribution < 1.29 is 23.9 Å². The molecule has 2 aliphatic rings. The fourth-order valence-corrected chi connectivity index (χ4v) is 2.90. The van der Waals surface area contributed by atoms with Gasteiger partial charge in [-0.25, -0.2) is 4.79 Å². The van der Waals surface area contributed by atoms with Crippen LogP contribution in [-0.4, -0.2) is 24.6 Å². The number of carbonyl (C=O) groups excluding carboxylic acids is 3. The monoisotopic (exact) mass is 353 g/mol. The maximum Gasteiger partial charge on any atom is 0.322 e. The average molecular weight is 353 g/mol. The molecule has 0 spiro atoms. The van der Waals surface area contributed by atoms with Crippen LogP contribution < -0.4 is 25.4 Å². The van der Waals surface area contributed by atoms with E-state index in [0.29, 0.717) is 28.3 Å². The van der Waals surface area contributed by atoms with Crippen LogP contribution in [0.2, 0.25) is 0 Å². The molecule has 8 heteroatoms. The van der Waals surface area contributed by atoms with Gasteiger partial charge in [0.1, 0.15) is 5.54 Å². The van der Waals surface area contributed by atoms with E-state index in [1.54, 1.807) is 49.4 Å². The summed E-state index contributed by atoms with van der Waals surface area (Å²) in [6.07, 6.45) is 0. The third-order valence-electron chi connectivity index (χ3n) is 4.38. The van der Waals surface area contributed by atoms with Crippen LogP contribution in [0.1, 0.15) is 22.8 Å². The summed E-state index contributed by atoms with van der Waals surface area (Å²) in [6, 6.07) is 11.1. The van der Waals surface area contributed by atoms with Crippen LogP contribution in [0.5, 0.6) is 11.5 Å². The molecule has 2 heterocycles. The van der Waals surface area contributed by atoms with Crippen LogP contribution >= 0.6 is 0 Å². The number of imide groups is 1. The zero-order valence-electron chi connectivity index (χ0n) is 13.8. The van der Waals surface area contributed by atoms with Gasteiger partial charge in [-0.05, 0) is 42.8 Å². The van der Waals surface area contributed by atoms with Gasteiger partial charge in [0.05, 0.1) is 0 Å². The lowest BCUT2D eigenvalue weighted by Crippen LogP contribution is -2.40. The molecule has 0 radical (unpaired) electrons. The summed E-state index contributed by atoms with van der Waals surface area (Å²) in [5.41, 5.74) is 0.291. The smallest absolute Gasteiger partial charge is 0.322 e. The summed E-state index contributed by atoms with van der Waals surface area (Å²) < 4.78 is 10.5. The fourth-order valence-electron chi connectivity index (χ4n) is 2.90. The molecule has 26 heavy (non-hydrogen) atoms. The molecule has 2 aromatic carbocycles. The Labute approximate surface area is 148 Å². The molecule has 4 rings (SSSR count). The summed E-state index contributed by atoms with van der Waals surface area (Å²) in [6.45, 7) is 1.74. The Morgan fingerprint density at radius 3 is 2.69 bits per heavy atom. The van der Waals surface area contributed by atoms with Crippen molar-refractivity contribution in [3.63, 3.8) is 0 Å². The molecule has 8 nitrogen and oxygen atoms in total. The fraction of sp³-hybridized carbons (Fsp3) is 0.167. The summed E-state index contributed by atoms with van der Waals surface area (Å²) >= 11 is 0. The van der Waals surface area contributed by atoms with E-state index in [2.05, 4.69) is 16.0 Å². The van der Waals surface area contributed by atoms with E-state index in [1.165, 1.54) is 0 Å². The average Bonchev–Trinajstić information content (AvgIpc) is 3.19. The number of urea groups is 1. The molecule has 2 aromatic rings. The minimum atomic E-state index is -1.18. The number of ether oxygens (including phenoxy) is 2. The third-order valence-corrected chi connectivity index (χ3v) is 4.38. The van der Waals surface area contributed by atoms with E-state index in [-0.39, 0.29) is 12.7 Å². The molecule has 1 saturated heterocycles. The first kappa shape index (κ1) is 15.9. The van der Waals surface area contributed by atoms with Gasteiger partial charge in [-0.2, -0.15) is 0 Å². The van der Waals surface area contributed by atoms with E-state index in [1.807, 2.05) is 0 Å². The van der Waals surface area contributed by atoms with E-state index < -0.39 is 17.5 Å². The van der Waals surface area contributed by atoms with Crippen LogP contribution in [0.15, 0.2) is 42.5 Å². The predicted octanol–water partition coefficient (Wildman–Crippen LogP) is 1.72. The van der Waals surface area contributed by atoms with Crippen molar-refractivity contribution in [3.05, 3.63) is 53.6 Å². The molecule has 132 valence electrons. The number of hydrogen-bond acceptors (Lipinski definition) is 5. The second kappa shape index (κ2) is 5.76. The van der Waals surface area contributed by atoms with Crippen molar-refractivity contribution in [1.82, 2.24) is 10.6 Å². The van der Waals surface area contributed by atoms with Crippen molar-refractivity contribution in [1.29, 1.82) is 0 Å². The Morgan fingerprint density at radius 1 is 1.12 bits per heavy atom. The van der Waals surface area contributed by atoms with Crippen molar-refractivity contribution in [2.45, 2.75) is 12.5 Å². The summed E-state index contributed by atoms with van der Waals surface area (Å²) in [5.74, 6) is 0.343. The summed E-state index contributed by atoms with van der Waals surface area (Å²) in [7, 11) is 0.